The van der Waals surface area contributed by atoms with E-state index in [1.54, 1.807) is 30.3 Å². The van der Waals surface area contributed by atoms with Crippen LogP contribution in [0.15, 0.2) is 64.7 Å². The molecule has 1 unspecified atom stereocenters. The first-order valence-corrected chi connectivity index (χ1v) is 11.1. The van der Waals surface area contributed by atoms with Crippen molar-refractivity contribution < 1.29 is 12.8 Å². The SMILES string of the molecule is CCC(Nc1ncnc(N)c1C#N)C1=Nc2cccc(F)c2S(=O)(=O)N1c1ccccc1. The molecule has 11 heteroatoms. The van der Waals surface area contributed by atoms with Gasteiger partial charge in [-0.2, -0.15) is 5.26 Å². The molecule has 0 bridgehead atoms. The molecule has 1 aliphatic rings. The number of anilines is 3. The first-order chi connectivity index (χ1) is 15.4. The van der Waals surface area contributed by atoms with Crippen LogP contribution in [0.1, 0.15) is 18.9 Å². The standard InChI is InChI=1S/C21H18FN7O2S/c1-2-16(27-20-14(11-23)19(24)25-12-26-20)21-28-17-10-6-9-15(22)18(17)32(30,31)29(21)13-7-4-3-5-8-13/h3-10,12,16H,2H2,1H3,(H3,24,25,26,27). The second kappa shape index (κ2) is 8.24. The third-order valence-corrected chi connectivity index (χ3v) is 6.70. The lowest BCUT2D eigenvalue weighted by molar-refractivity contribution is 0.566. The van der Waals surface area contributed by atoms with Gasteiger partial charge in [-0.05, 0) is 30.7 Å². The number of nitriles is 1. The highest BCUT2D eigenvalue weighted by Gasteiger charge is 2.40. The van der Waals surface area contributed by atoms with Crippen molar-refractivity contribution in [1.82, 2.24) is 9.97 Å². The molecular weight excluding hydrogens is 433 g/mol. The Labute approximate surface area is 184 Å². The lowest BCUT2D eigenvalue weighted by Crippen LogP contribution is -2.48. The maximum absolute atomic E-state index is 14.6. The molecule has 2 heterocycles. The number of nitrogens with two attached hydrogens (primary N) is 1. The van der Waals surface area contributed by atoms with E-state index in [9.17, 15) is 18.1 Å². The van der Waals surface area contributed by atoms with Gasteiger partial charge in [0.1, 0.15) is 46.1 Å². The van der Waals surface area contributed by atoms with E-state index in [2.05, 4.69) is 20.3 Å². The van der Waals surface area contributed by atoms with Crippen LogP contribution < -0.4 is 15.4 Å². The number of aromatic nitrogens is 2. The molecular formula is C21H18FN7O2S. The number of aliphatic imine (C=N–C) groups is 1. The summed E-state index contributed by atoms with van der Waals surface area (Å²) in [7, 11) is -4.32. The number of nitrogens with zero attached hydrogens (tertiary/aromatic N) is 5. The number of nitrogen functional groups attached to an aromatic ring is 1. The van der Waals surface area contributed by atoms with Gasteiger partial charge in [0, 0.05) is 0 Å². The first kappa shape index (κ1) is 21.2. The summed E-state index contributed by atoms with van der Waals surface area (Å²) in [5.41, 5.74) is 6.10. The van der Waals surface area contributed by atoms with Crippen LogP contribution in [0.4, 0.5) is 27.4 Å². The van der Waals surface area contributed by atoms with Gasteiger partial charge in [0.2, 0.25) is 0 Å². The molecule has 0 radical (unpaired) electrons. The Balaban J connectivity index is 1.91. The zero-order valence-electron chi connectivity index (χ0n) is 16.9. The van der Waals surface area contributed by atoms with Gasteiger partial charge < -0.3 is 11.1 Å². The Bertz CT molecular complexity index is 1350. The Morgan fingerprint density at radius 2 is 1.94 bits per heavy atom. The molecule has 0 spiro atoms. The summed E-state index contributed by atoms with van der Waals surface area (Å²) in [6.45, 7) is 1.81. The number of halogens is 1. The summed E-state index contributed by atoms with van der Waals surface area (Å²) in [5.74, 6) is -0.643. The van der Waals surface area contributed by atoms with Gasteiger partial charge >= 0.3 is 0 Å². The van der Waals surface area contributed by atoms with Gasteiger partial charge in [0.25, 0.3) is 10.0 Å². The van der Waals surface area contributed by atoms with Crippen molar-refractivity contribution in [3.63, 3.8) is 0 Å². The predicted molar refractivity (Wildman–Crippen MR) is 118 cm³/mol. The van der Waals surface area contributed by atoms with Crippen LogP contribution in [-0.4, -0.2) is 30.3 Å². The monoisotopic (exact) mass is 451 g/mol. The average Bonchev–Trinajstić information content (AvgIpc) is 2.77. The third-order valence-electron chi connectivity index (χ3n) is 4.90. The van der Waals surface area contributed by atoms with Crippen molar-refractivity contribution in [3.8, 4) is 6.07 Å². The summed E-state index contributed by atoms with van der Waals surface area (Å²) >= 11 is 0. The Hall–Kier alpha value is -4.04. The summed E-state index contributed by atoms with van der Waals surface area (Å²) in [5, 5.41) is 12.5. The molecule has 4 rings (SSSR count). The van der Waals surface area contributed by atoms with Crippen LogP contribution >= 0.6 is 0 Å². The van der Waals surface area contributed by atoms with Crippen molar-refractivity contribution in [2.75, 3.05) is 15.4 Å². The first-order valence-electron chi connectivity index (χ1n) is 9.63. The normalized spacial score (nSPS) is 15.3. The minimum atomic E-state index is -4.32. The van der Waals surface area contributed by atoms with Crippen LogP contribution in [0.3, 0.4) is 0 Å². The molecule has 1 aliphatic heterocycles. The minimum absolute atomic E-state index is 0.00450. The number of rotatable bonds is 5. The molecule has 0 fully saturated rings. The van der Waals surface area contributed by atoms with E-state index >= 15 is 0 Å². The van der Waals surface area contributed by atoms with Gasteiger partial charge in [-0.25, -0.2) is 32.1 Å². The van der Waals surface area contributed by atoms with Crippen molar-refractivity contribution in [1.29, 1.82) is 5.26 Å². The van der Waals surface area contributed by atoms with E-state index in [0.29, 0.717) is 12.1 Å². The Morgan fingerprint density at radius 1 is 1.19 bits per heavy atom. The topological polar surface area (TPSA) is 137 Å². The number of benzene rings is 2. The Kier molecular flexibility index (Phi) is 5.46. The lowest BCUT2D eigenvalue weighted by Gasteiger charge is -2.34. The van der Waals surface area contributed by atoms with Gasteiger partial charge in [0.15, 0.2) is 0 Å². The molecule has 162 valence electrons. The zero-order valence-corrected chi connectivity index (χ0v) is 17.7. The predicted octanol–water partition coefficient (Wildman–Crippen LogP) is 3.20. The summed E-state index contributed by atoms with van der Waals surface area (Å²) in [4.78, 5) is 11.9. The van der Waals surface area contributed by atoms with Crippen molar-refractivity contribution in [2.24, 2.45) is 4.99 Å². The quantitative estimate of drug-likeness (QED) is 0.607. The van der Waals surface area contributed by atoms with E-state index in [1.165, 1.54) is 18.5 Å². The molecule has 32 heavy (non-hydrogen) atoms. The lowest BCUT2D eigenvalue weighted by atomic mass is 10.1. The number of nitrogens with one attached hydrogen (secondary N) is 1. The Morgan fingerprint density at radius 3 is 2.62 bits per heavy atom. The molecule has 3 N–H and O–H groups in total. The number of fused-ring (bicyclic) bond motifs is 1. The summed E-state index contributed by atoms with van der Waals surface area (Å²) in [6, 6.07) is 13.4. The molecule has 2 aromatic carbocycles. The highest BCUT2D eigenvalue weighted by atomic mass is 32.2. The van der Waals surface area contributed by atoms with E-state index < -0.39 is 26.8 Å². The van der Waals surface area contributed by atoms with E-state index in [4.69, 9.17) is 5.73 Å². The van der Waals surface area contributed by atoms with Gasteiger partial charge in [-0.15, -0.1) is 0 Å². The van der Waals surface area contributed by atoms with Gasteiger partial charge in [-0.1, -0.05) is 31.2 Å². The second-order valence-corrected chi connectivity index (χ2v) is 8.59. The summed E-state index contributed by atoms with van der Waals surface area (Å²) < 4.78 is 42.7. The van der Waals surface area contributed by atoms with E-state index in [0.717, 1.165) is 10.4 Å². The molecule has 0 aliphatic carbocycles. The molecule has 1 atom stereocenters. The zero-order chi connectivity index (χ0) is 22.9. The fourth-order valence-electron chi connectivity index (χ4n) is 3.41. The van der Waals surface area contributed by atoms with Crippen LogP contribution in [0.25, 0.3) is 0 Å². The number of hydrogen-bond donors (Lipinski definition) is 2. The highest BCUT2D eigenvalue weighted by Crippen LogP contribution is 2.38. The number of para-hydroxylation sites is 1. The maximum atomic E-state index is 14.6. The molecule has 0 saturated carbocycles. The largest absolute Gasteiger partial charge is 0.382 e. The fraction of sp³-hybridized carbons (Fsp3) is 0.143. The number of sulfonamides is 1. The van der Waals surface area contributed by atoms with Crippen molar-refractivity contribution in [2.45, 2.75) is 24.3 Å². The number of hydrogen-bond acceptors (Lipinski definition) is 8. The van der Waals surface area contributed by atoms with E-state index in [-0.39, 0.29) is 28.7 Å². The highest BCUT2D eigenvalue weighted by molar-refractivity contribution is 7.93. The van der Waals surface area contributed by atoms with Crippen LogP contribution in [0.5, 0.6) is 0 Å². The minimum Gasteiger partial charge on any atom is -0.382 e. The van der Waals surface area contributed by atoms with Crippen molar-refractivity contribution >= 4 is 38.9 Å². The molecule has 3 aromatic rings. The molecule has 9 nitrogen and oxygen atoms in total. The molecule has 0 saturated heterocycles. The fourth-order valence-corrected chi connectivity index (χ4v) is 5.10. The average molecular weight is 451 g/mol. The summed E-state index contributed by atoms with van der Waals surface area (Å²) in [6.07, 6.45) is 1.57. The van der Waals surface area contributed by atoms with Gasteiger partial charge in [-0.3, -0.25) is 0 Å². The number of amidine groups is 1. The third kappa shape index (κ3) is 3.50. The van der Waals surface area contributed by atoms with Crippen molar-refractivity contribution in [3.05, 3.63) is 66.2 Å². The van der Waals surface area contributed by atoms with Gasteiger partial charge in [0.05, 0.1) is 17.4 Å². The van der Waals surface area contributed by atoms with Crippen LogP contribution in [0, 0.1) is 17.1 Å². The van der Waals surface area contributed by atoms with Crippen LogP contribution in [-0.2, 0) is 10.0 Å². The second-order valence-electron chi connectivity index (χ2n) is 6.86. The van der Waals surface area contributed by atoms with E-state index in [1.807, 2.05) is 13.0 Å². The maximum Gasteiger partial charge on any atom is 0.274 e. The smallest absolute Gasteiger partial charge is 0.274 e. The van der Waals surface area contributed by atoms with Crippen LogP contribution in [0.2, 0.25) is 0 Å². The molecule has 1 aromatic heterocycles. The molecule has 0 amide bonds.